The Hall–Kier alpha value is -2.34. The first kappa shape index (κ1) is 14.1. The number of carboxylic acid groups (broad SMARTS) is 1. The van der Waals surface area contributed by atoms with Crippen LogP contribution in [0.15, 0.2) is 52.3 Å². The quantitative estimate of drug-likeness (QED) is 0.755. The molecule has 0 heterocycles. The van der Waals surface area contributed by atoms with E-state index in [-0.39, 0.29) is 5.75 Å². The van der Waals surface area contributed by atoms with E-state index in [2.05, 4.69) is 0 Å². The van der Waals surface area contributed by atoms with Gasteiger partial charge in [-0.25, -0.2) is 4.79 Å². The van der Waals surface area contributed by atoms with Crippen LogP contribution in [0.2, 0.25) is 0 Å². The molecule has 20 heavy (non-hydrogen) atoms. The molecular weight excluding hydrogens is 276 g/mol. The molecule has 0 spiro atoms. The first-order valence-corrected chi connectivity index (χ1v) is 6.62. The Bertz CT molecular complexity index is 629. The van der Waals surface area contributed by atoms with Crippen LogP contribution in [-0.4, -0.2) is 23.4 Å². The van der Waals surface area contributed by atoms with E-state index < -0.39 is 6.09 Å². The van der Waals surface area contributed by atoms with Crippen molar-refractivity contribution in [3.05, 3.63) is 42.5 Å². The molecule has 0 aromatic heterocycles. The van der Waals surface area contributed by atoms with E-state index in [0.717, 1.165) is 14.7 Å². The Morgan fingerprint density at radius 3 is 2.35 bits per heavy atom. The monoisotopic (exact) mass is 290 g/mol. The van der Waals surface area contributed by atoms with Crippen molar-refractivity contribution in [2.24, 2.45) is 0 Å². The minimum atomic E-state index is -1.07. The zero-order valence-corrected chi connectivity index (χ0v) is 11.6. The summed E-state index contributed by atoms with van der Waals surface area (Å²) in [7, 11) is 1.45. The molecule has 2 aromatic rings. The van der Waals surface area contributed by atoms with Gasteiger partial charge in [-0.05, 0) is 42.5 Å². The van der Waals surface area contributed by atoms with Gasteiger partial charge in [0.1, 0.15) is 5.75 Å². The number of hydrogen-bond acceptors (Lipinski definition) is 4. The number of amides is 1. The predicted octanol–water partition coefficient (Wildman–Crippen LogP) is 3.24. The highest BCUT2D eigenvalue weighted by molar-refractivity contribution is 7.99. The second-order valence-corrected chi connectivity index (χ2v) is 5.31. The topological polar surface area (TPSA) is 86.8 Å². The fourth-order valence-corrected chi connectivity index (χ4v) is 2.48. The standard InChI is InChI=1S/C14H14N2O3S/c1-16(14(18)19)13-8-11(6-7-12(13)15)20-10-4-2-9(17)3-5-10/h2-8,17H,15H2,1H3,(H,18,19). The van der Waals surface area contributed by atoms with Gasteiger partial charge in [-0.1, -0.05) is 11.8 Å². The summed E-state index contributed by atoms with van der Waals surface area (Å²) in [5.74, 6) is 0.206. The SMILES string of the molecule is CN(C(=O)O)c1cc(Sc2ccc(O)cc2)ccc1N. The molecule has 2 rings (SSSR count). The van der Waals surface area contributed by atoms with Crippen LogP contribution >= 0.6 is 11.8 Å². The lowest BCUT2D eigenvalue weighted by atomic mass is 10.2. The molecule has 4 N–H and O–H groups in total. The molecule has 6 heteroatoms. The number of nitrogens with zero attached hydrogens (tertiary/aromatic N) is 1. The number of nitrogen functional groups attached to an aromatic ring is 1. The summed E-state index contributed by atoms with van der Waals surface area (Å²) in [4.78, 5) is 13.9. The first-order chi connectivity index (χ1) is 9.47. The molecule has 104 valence electrons. The number of aromatic hydroxyl groups is 1. The maximum atomic E-state index is 11.0. The lowest BCUT2D eigenvalue weighted by molar-refractivity contribution is 0.203. The normalized spacial score (nSPS) is 10.2. The fraction of sp³-hybridized carbons (Fsp3) is 0.0714. The van der Waals surface area contributed by atoms with Gasteiger partial charge in [-0.2, -0.15) is 0 Å². The van der Waals surface area contributed by atoms with Gasteiger partial charge in [0.15, 0.2) is 0 Å². The first-order valence-electron chi connectivity index (χ1n) is 5.80. The third kappa shape index (κ3) is 3.16. The number of nitrogens with two attached hydrogens (primary N) is 1. The van der Waals surface area contributed by atoms with Crippen LogP contribution in [0.3, 0.4) is 0 Å². The number of rotatable bonds is 3. The van der Waals surface area contributed by atoms with Gasteiger partial charge >= 0.3 is 6.09 Å². The largest absolute Gasteiger partial charge is 0.508 e. The summed E-state index contributed by atoms with van der Waals surface area (Å²) in [5, 5.41) is 18.2. The van der Waals surface area contributed by atoms with Gasteiger partial charge < -0.3 is 15.9 Å². The van der Waals surface area contributed by atoms with Crippen molar-refractivity contribution >= 4 is 29.2 Å². The Morgan fingerprint density at radius 2 is 1.75 bits per heavy atom. The number of benzene rings is 2. The maximum Gasteiger partial charge on any atom is 0.411 e. The molecule has 2 aromatic carbocycles. The molecule has 0 fully saturated rings. The van der Waals surface area contributed by atoms with Crippen molar-refractivity contribution < 1.29 is 15.0 Å². The van der Waals surface area contributed by atoms with Crippen molar-refractivity contribution in [2.75, 3.05) is 17.7 Å². The molecule has 0 aliphatic rings. The van der Waals surface area contributed by atoms with Crippen LogP contribution in [0.25, 0.3) is 0 Å². The lowest BCUT2D eigenvalue weighted by Gasteiger charge is -2.16. The van der Waals surface area contributed by atoms with E-state index in [1.54, 1.807) is 36.4 Å². The average molecular weight is 290 g/mol. The van der Waals surface area contributed by atoms with E-state index in [4.69, 9.17) is 10.8 Å². The van der Waals surface area contributed by atoms with E-state index >= 15 is 0 Å². The van der Waals surface area contributed by atoms with Gasteiger partial charge in [0.05, 0.1) is 11.4 Å². The predicted molar refractivity (Wildman–Crippen MR) is 79.5 cm³/mol. The Labute approximate surface area is 120 Å². The Morgan fingerprint density at radius 1 is 1.15 bits per heavy atom. The highest BCUT2D eigenvalue weighted by atomic mass is 32.2. The van der Waals surface area contributed by atoms with Crippen LogP contribution in [0.1, 0.15) is 0 Å². The van der Waals surface area contributed by atoms with Crippen molar-refractivity contribution in [3.8, 4) is 5.75 Å². The van der Waals surface area contributed by atoms with Crippen molar-refractivity contribution in [1.82, 2.24) is 0 Å². The molecule has 0 aliphatic heterocycles. The van der Waals surface area contributed by atoms with Gasteiger partial charge in [0.25, 0.3) is 0 Å². The molecular formula is C14H14N2O3S. The molecule has 0 atom stereocenters. The summed E-state index contributed by atoms with van der Waals surface area (Å²) in [6, 6.07) is 12.0. The number of anilines is 2. The Kier molecular flexibility index (Phi) is 4.05. The van der Waals surface area contributed by atoms with E-state index in [1.807, 2.05) is 6.07 Å². The second kappa shape index (κ2) is 5.75. The molecule has 0 saturated carbocycles. The van der Waals surface area contributed by atoms with E-state index in [1.165, 1.54) is 18.8 Å². The second-order valence-electron chi connectivity index (χ2n) is 4.16. The zero-order chi connectivity index (χ0) is 14.7. The van der Waals surface area contributed by atoms with Crippen LogP contribution in [0, 0.1) is 0 Å². The minimum Gasteiger partial charge on any atom is -0.508 e. The van der Waals surface area contributed by atoms with Crippen LogP contribution in [0.5, 0.6) is 5.75 Å². The van der Waals surface area contributed by atoms with Gasteiger partial charge in [-0.15, -0.1) is 0 Å². The smallest absolute Gasteiger partial charge is 0.411 e. The van der Waals surface area contributed by atoms with Crippen LogP contribution in [0.4, 0.5) is 16.2 Å². The van der Waals surface area contributed by atoms with Crippen LogP contribution < -0.4 is 10.6 Å². The summed E-state index contributed by atoms with van der Waals surface area (Å²) in [6.07, 6.45) is -1.07. The maximum absolute atomic E-state index is 11.0. The molecule has 0 unspecified atom stereocenters. The minimum absolute atomic E-state index is 0.206. The summed E-state index contributed by atoms with van der Waals surface area (Å²) < 4.78 is 0. The van der Waals surface area contributed by atoms with Gasteiger partial charge in [0.2, 0.25) is 0 Å². The van der Waals surface area contributed by atoms with E-state index in [9.17, 15) is 9.90 Å². The molecule has 1 amide bonds. The Balaban J connectivity index is 2.27. The number of phenolic OH excluding ortho intramolecular Hbond substituents is 1. The average Bonchev–Trinajstić information content (AvgIpc) is 2.42. The fourth-order valence-electron chi connectivity index (χ4n) is 1.63. The highest BCUT2D eigenvalue weighted by Crippen LogP contribution is 2.33. The third-order valence-corrected chi connectivity index (χ3v) is 3.72. The van der Waals surface area contributed by atoms with E-state index in [0.29, 0.717) is 11.4 Å². The molecule has 0 aliphatic carbocycles. The molecule has 5 nitrogen and oxygen atoms in total. The van der Waals surface area contributed by atoms with Gasteiger partial charge in [0, 0.05) is 16.8 Å². The highest BCUT2D eigenvalue weighted by Gasteiger charge is 2.12. The summed E-state index contributed by atoms with van der Waals surface area (Å²) in [6.45, 7) is 0. The zero-order valence-electron chi connectivity index (χ0n) is 10.8. The van der Waals surface area contributed by atoms with Crippen molar-refractivity contribution in [3.63, 3.8) is 0 Å². The van der Waals surface area contributed by atoms with Gasteiger partial charge in [-0.3, -0.25) is 4.90 Å². The summed E-state index contributed by atoms with van der Waals surface area (Å²) >= 11 is 1.46. The van der Waals surface area contributed by atoms with Crippen molar-refractivity contribution in [1.29, 1.82) is 0 Å². The number of carbonyl (C=O) groups is 1. The van der Waals surface area contributed by atoms with Crippen LogP contribution in [-0.2, 0) is 0 Å². The lowest BCUT2D eigenvalue weighted by Crippen LogP contribution is -2.24. The van der Waals surface area contributed by atoms with Crippen molar-refractivity contribution in [2.45, 2.75) is 9.79 Å². The molecule has 0 radical (unpaired) electrons. The molecule has 0 bridgehead atoms. The third-order valence-electron chi connectivity index (χ3n) is 2.72. The number of phenols is 1. The molecule has 0 saturated heterocycles. The summed E-state index contributed by atoms with van der Waals surface area (Å²) in [5.41, 5.74) is 6.65. The number of hydrogen-bond donors (Lipinski definition) is 3.